The predicted molar refractivity (Wildman–Crippen MR) is 202 cm³/mol. The van der Waals surface area contributed by atoms with E-state index in [1.165, 1.54) is 0 Å². The van der Waals surface area contributed by atoms with Gasteiger partial charge in [-0.2, -0.15) is 0 Å². The monoisotopic (exact) mass is 866 g/mol. The predicted octanol–water partition coefficient (Wildman–Crippen LogP) is -0.794. The summed E-state index contributed by atoms with van der Waals surface area (Å²) in [6, 6.07) is 0. The first-order valence-electron chi connectivity index (χ1n) is 18.2. The zero-order valence-corrected chi connectivity index (χ0v) is 34.8. The van der Waals surface area contributed by atoms with Crippen LogP contribution in [0, 0.1) is 71.0 Å². The number of esters is 8. The number of carbonyl (C=O) groups excluding carboxylic acids is 8. The van der Waals surface area contributed by atoms with E-state index in [0.717, 1.165) is 55.4 Å². The molecule has 0 N–H and O–H groups in total. The minimum Gasteiger partial charge on any atom is -0.463 e. The average Bonchev–Trinajstić information content (AvgIpc) is 3.16. The van der Waals surface area contributed by atoms with Gasteiger partial charge in [-0.1, -0.05) is 11.8 Å². The molecule has 20 nitrogen and oxygen atoms in total. The maximum Gasteiger partial charge on any atom is 0.303 e. The van der Waals surface area contributed by atoms with Gasteiger partial charge in [-0.05, 0) is 59.2 Å². The fourth-order valence-corrected chi connectivity index (χ4v) is 5.30. The van der Waals surface area contributed by atoms with Crippen LogP contribution in [-0.4, -0.2) is 136 Å². The topological polar surface area (TPSA) is 247 Å². The van der Waals surface area contributed by atoms with Gasteiger partial charge >= 0.3 is 47.8 Å². The van der Waals surface area contributed by atoms with Gasteiger partial charge in [0.15, 0.2) is 49.2 Å². The molecule has 0 radical (unpaired) electrons. The third kappa shape index (κ3) is 19.4. The maximum atomic E-state index is 11.9. The summed E-state index contributed by atoms with van der Waals surface area (Å²) in [7, 11) is 0. The molecule has 2 heterocycles. The lowest BCUT2D eigenvalue weighted by atomic mass is 9.98. The highest BCUT2D eigenvalue weighted by Crippen LogP contribution is 2.31. The van der Waals surface area contributed by atoms with Crippen LogP contribution in [0.1, 0.15) is 55.4 Å². The fourth-order valence-electron chi connectivity index (χ4n) is 5.30. The standard InChI is InChI=1S/C42H42O20/c1-25(43)53-23-33-35(55-27(3)45)37(57-29(5)47)39(59-31(7)49)41(61-33)51-21-19-17-15-13-11-9-10-12-14-16-18-20-22-52-42-40(60-32(8)50)38(58-30(6)48)36(56-28(4)46)34(62-42)24-54-26(2)44/h33-42H,21-24H2,1-8H3/t33-,34-,35-,36-,37+,38+,39-,40-,41-,42-/m1/s1. The van der Waals surface area contributed by atoms with Crippen molar-refractivity contribution >= 4 is 47.8 Å². The molecular weight excluding hydrogens is 824 g/mol. The highest BCUT2D eigenvalue weighted by Gasteiger charge is 2.54. The largest absolute Gasteiger partial charge is 0.463 e. The molecule has 2 rings (SSSR count). The number of hydrogen-bond acceptors (Lipinski definition) is 20. The van der Waals surface area contributed by atoms with Crippen molar-refractivity contribution in [1.82, 2.24) is 0 Å². The highest BCUT2D eigenvalue weighted by molar-refractivity contribution is 5.70. The van der Waals surface area contributed by atoms with E-state index in [-0.39, 0.29) is 13.2 Å². The van der Waals surface area contributed by atoms with Crippen LogP contribution in [0.5, 0.6) is 0 Å². The number of carbonyl (C=O) groups is 8. The van der Waals surface area contributed by atoms with Gasteiger partial charge in [0.05, 0.1) is 0 Å². The van der Waals surface area contributed by atoms with Crippen molar-refractivity contribution in [3.8, 4) is 71.0 Å². The van der Waals surface area contributed by atoms with Crippen molar-refractivity contribution in [2.75, 3.05) is 26.4 Å². The van der Waals surface area contributed by atoms with Crippen molar-refractivity contribution in [2.24, 2.45) is 0 Å². The first-order chi connectivity index (χ1) is 29.4. The smallest absolute Gasteiger partial charge is 0.303 e. The molecule has 10 atom stereocenters. The summed E-state index contributed by atoms with van der Waals surface area (Å²) >= 11 is 0. The highest BCUT2D eigenvalue weighted by atomic mass is 16.7. The molecule has 2 aliphatic heterocycles. The molecule has 20 heteroatoms. The number of rotatable bonds is 14. The van der Waals surface area contributed by atoms with E-state index in [1.807, 2.05) is 0 Å². The first-order valence-corrected chi connectivity index (χ1v) is 18.2. The maximum absolute atomic E-state index is 11.9. The second-order valence-electron chi connectivity index (χ2n) is 12.4. The van der Waals surface area contributed by atoms with Crippen molar-refractivity contribution in [2.45, 2.75) is 117 Å². The van der Waals surface area contributed by atoms with Gasteiger partial charge in [0, 0.05) is 55.4 Å². The van der Waals surface area contributed by atoms with E-state index < -0.39 is 122 Å². The van der Waals surface area contributed by atoms with Gasteiger partial charge in [0.2, 0.25) is 0 Å². The lowest BCUT2D eigenvalue weighted by Gasteiger charge is -2.43. The molecule has 0 unspecified atom stereocenters. The second kappa shape index (κ2) is 26.9. The van der Waals surface area contributed by atoms with E-state index in [1.54, 1.807) is 0 Å². The van der Waals surface area contributed by atoms with Crippen molar-refractivity contribution in [1.29, 1.82) is 0 Å². The van der Waals surface area contributed by atoms with Gasteiger partial charge < -0.3 is 56.8 Å². The summed E-state index contributed by atoms with van der Waals surface area (Å²) in [5, 5.41) is 0. The molecule has 0 aromatic heterocycles. The van der Waals surface area contributed by atoms with Crippen LogP contribution in [0.3, 0.4) is 0 Å². The average molecular weight is 867 g/mol. The summed E-state index contributed by atoms with van der Waals surface area (Å²) < 4.78 is 64.8. The molecule has 2 aliphatic rings. The van der Waals surface area contributed by atoms with Crippen LogP contribution in [0.4, 0.5) is 0 Å². The van der Waals surface area contributed by atoms with Crippen LogP contribution >= 0.6 is 0 Å². The van der Waals surface area contributed by atoms with Gasteiger partial charge in [0.25, 0.3) is 0 Å². The van der Waals surface area contributed by atoms with Gasteiger partial charge in [-0.15, -0.1) is 0 Å². The molecule has 0 aromatic rings. The fraction of sp³-hybridized carbons (Fsp3) is 0.524. The molecule has 2 fully saturated rings. The first kappa shape index (κ1) is 51.1. The van der Waals surface area contributed by atoms with Gasteiger partial charge in [-0.3, -0.25) is 38.4 Å². The summed E-state index contributed by atoms with van der Waals surface area (Å²) in [5.74, 6) is 23.6. The van der Waals surface area contributed by atoms with E-state index in [0.29, 0.717) is 0 Å². The molecule has 2 saturated heterocycles. The summed E-state index contributed by atoms with van der Waals surface area (Å²) in [6.45, 7) is 7.34. The Morgan fingerprint density at radius 3 is 0.887 bits per heavy atom. The third-order valence-electron chi connectivity index (χ3n) is 7.28. The molecule has 62 heavy (non-hydrogen) atoms. The Hall–Kier alpha value is -7.04. The van der Waals surface area contributed by atoms with E-state index >= 15 is 0 Å². The lowest BCUT2D eigenvalue weighted by Crippen LogP contribution is -2.63. The van der Waals surface area contributed by atoms with Crippen LogP contribution in [0.15, 0.2) is 0 Å². The Kier molecular flexibility index (Phi) is 22.2. The van der Waals surface area contributed by atoms with E-state index in [9.17, 15) is 38.4 Å². The molecular formula is C42H42O20. The molecule has 0 bridgehead atoms. The zero-order valence-electron chi connectivity index (χ0n) is 34.8. The normalized spacial score (nSPS) is 24.1. The minimum atomic E-state index is -1.41. The molecule has 0 amide bonds. The number of ether oxygens (including phenoxy) is 12. The van der Waals surface area contributed by atoms with Crippen LogP contribution in [0.25, 0.3) is 0 Å². The lowest BCUT2D eigenvalue weighted by molar-refractivity contribution is -0.305. The quantitative estimate of drug-likeness (QED) is 0.118. The van der Waals surface area contributed by atoms with Crippen molar-refractivity contribution < 1.29 is 95.2 Å². The molecule has 0 aromatic carbocycles. The summed E-state index contributed by atoms with van der Waals surface area (Å²) in [4.78, 5) is 94.4. The zero-order chi connectivity index (χ0) is 46.2. The summed E-state index contributed by atoms with van der Waals surface area (Å²) in [6.07, 6.45) is -13.5. The Morgan fingerprint density at radius 1 is 0.355 bits per heavy atom. The Morgan fingerprint density at radius 2 is 0.613 bits per heavy atom. The Balaban J connectivity index is 2.07. The van der Waals surface area contributed by atoms with Crippen molar-refractivity contribution in [3.63, 3.8) is 0 Å². The van der Waals surface area contributed by atoms with Crippen LogP contribution in [-0.2, 0) is 95.2 Å². The van der Waals surface area contributed by atoms with E-state index in [2.05, 4.69) is 71.0 Å². The van der Waals surface area contributed by atoms with E-state index in [4.69, 9.17) is 56.8 Å². The van der Waals surface area contributed by atoms with Crippen molar-refractivity contribution in [3.05, 3.63) is 0 Å². The minimum absolute atomic E-state index is 0.334. The molecule has 0 spiro atoms. The second-order valence-corrected chi connectivity index (χ2v) is 12.4. The third-order valence-corrected chi connectivity index (χ3v) is 7.28. The SMILES string of the molecule is CC(=O)OC[C@H]1O[C@@H](OCC#CC#CC#CC#CC#CC#CCO[C@@H]2O[C@H](COC(C)=O)[C@@H](OC(C)=O)[C@H](OC(C)=O)[C@H]2OC(C)=O)[C@H](OC(C)=O)[C@@H](OC(C)=O)[C@@H]1OC(C)=O. The molecule has 0 aliphatic carbocycles. The Bertz CT molecular complexity index is 1920. The van der Waals surface area contributed by atoms with Gasteiger partial charge in [-0.25, -0.2) is 0 Å². The molecule has 0 saturated carbocycles. The van der Waals surface area contributed by atoms with Crippen LogP contribution < -0.4 is 0 Å². The van der Waals surface area contributed by atoms with Gasteiger partial charge in [0.1, 0.15) is 38.6 Å². The van der Waals surface area contributed by atoms with Crippen LogP contribution in [0.2, 0.25) is 0 Å². The molecule has 330 valence electrons. The number of hydrogen-bond donors (Lipinski definition) is 0. The Labute approximate surface area is 356 Å². The summed E-state index contributed by atoms with van der Waals surface area (Å²) in [5.41, 5.74) is 0.